The van der Waals surface area contributed by atoms with Crippen molar-refractivity contribution in [2.45, 2.75) is 58.8 Å². The van der Waals surface area contributed by atoms with Gasteiger partial charge in [-0.1, -0.05) is 51.0 Å². The van der Waals surface area contributed by atoms with E-state index in [-0.39, 0.29) is 11.6 Å². The van der Waals surface area contributed by atoms with Gasteiger partial charge in [0.2, 0.25) is 0 Å². The van der Waals surface area contributed by atoms with Crippen molar-refractivity contribution in [2.24, 2.45) is 5.92 Å². The van der Waals surface area contributed by atoms with Gasteiger partial charge < -0.3 is 0 Å². The summed E-state index contributed by atoms with van der Waals surface area (Å²) in [6.45, 7) is 6.09. The van der Waals surface area contributed by atoms with Crippen LogP contribution < -0.4 is 0 Å². The van der Waals surface area contributed by atoms with Crippen LogP contribution in [-0.2, 0) is 25.2 Å². The maximum atomic E-state index is 13.4. The third-order valence-electron chi connectivity index (χ3n) is 5.25. The van der Waals surface area contributed by atoms with Gasteiger partial charge in [0.1, 0.15) is 0 Å². The van der Waals surface area contributed by atoms with Crippen LogP contribution in [0.5, 0.6) is 0 Å². The summed E-state index contributed by atoms with van der Waals surface area (Å²) in [6, 6.07) is 5.67. The molecule has 3 rings (SSSR count). The highest BCUT2D eigenvalue weighted by molar-refractivity contribution is 5.84. The highest BCUT2D eigenvalue weighted by Gasteiger charge is 2.37. The molecule has 0 amide bonds. The second kappa shape index (κ2) is 8.12. The quantitative estimate of drug-likeness (QED) is 0.422. The van der Waals surface area contributed by atoms with E-state index in [0.29, 0.717) is 24.3 Å². The molecule has 0 nitrogen and oxygen atoms in total. The highest BCUT2D eigenvalue weighted by Crippen LogP contribution is 2.43. The van der Waals surface area contributed by atoms with E-state index < -0.39 is 23.5 Å². The van der Waals surface area contributed by atoms with Crippen LogP contribution in [0.3, 0.4) is 0 Å². The first-order chi connectivity index (χ1) is 13.9. The predicted octanol–water partition coefficient (Wildman–Crippen LogP) is 8.33. The first-order valence-corrected chi connectivity index (χ1v) is 10.0. The van der Waals surface area contributed by atoms with Gasteiger partial charge in [0.15, 0.2) is 0 Å². The molecule has 0 saturated heterocycles. The van der Waals surface area contributed by atoms with Gasteiger partial charge in [0.05, 0.1) is 11.1 Å². The zero-order valence-corrected chi connectivity index (χ0v) is 17.1. The molecule has 0 saturated carbocycles. The lowest BCUT2D eigenvalue weighted by atomic mass is 9.88. The topological polar surface area (TPSA) is 0 Å². The molecule has 30 heavy (non-hydrogen) atoms. The molecule has 0 spiro atoms. The molecule has 0 aromatic heterocycles. The van der Waals surface area contributed by atoms with Gasteiger partial charge in [-0.3, -0.25) is 0 Å². The summed E-state index contributed by atoms with van der Waals surface area (Å²) >= 11 is 0. The smallest absolute Gasteiger partial charge is 0.166 e. The number of alkyl halides is 6. The molecule has 1 aliphatic rings. The fourth-order valence-electron chi connectivity index (χ4n) is 4.10. The number of hydrogen-bond donors (Lipinski definition) is 0. The first kappa shape index (κ1) is 22.4. The Kier molecular flexibility index (Phi) is 6.08. The third kappa shape index (κ3) is 4.73. The number of allylic oxidation sites excluding steroid dienone is 1. The van der Waals surface area contributed by atoms with Gasteiger partial charge in [-0.25, -0.2) is 0 Å². The number of benzene rings is 2. The van der Waals surface area contributed by atoms with Crippen LogP contribution in [0.25, 0.3) is 17.2 Å². The fourth-order valence-corrected chi connectivity index (χ4v) is 4.10. The van der Waals surface area contributed by atoms with Crippen LogP contribution in [-0.4, -0.2) is 0 Å². The van der Waals surface area contributed by atoms with Gasteiger partial charge >= 0.3 is 12.4 Å². The third-order valence-corrected chi connectivity index (χ3v) is 5.25. The number of aryl methyl sites for hydroxylation is 1. The van der Waals surface area contributed by atoms with Crippen molar-refractivity contribution in [1.29, 1.82) is 0 Å². The molecule has 2 aromatic rings. The van der Waals surface area contributed by atoms with Gasteiger partial charge in [0, 0.05) is 0 Å². The zero-order valence-electron chi connectivity index (χ0n) is 17.1. The SMILES string of the molecule is CCCc1ccc2c(c1-c1cc(C(F)(F)F)cc(C(F)(F)F)c1)C=C(CC(C)C)C2. The number of rotatable bonds is 5. The Bertz CT molecular complexity index is 929. The molecular formula is C24H24F6. The lowest BCUT2D eigenvalue weighted by Gasteiger charge is -2.18. The van der Waals surface area contributed by atoms with Gasteiger partial charge in [-0.2, -0.15) is 26.3 Å². The van der Waals surface area contributed by atoms with Gasteiger partial charge in [0.25, 0.3) is 0 Å². The maximum Gasteiger partial charge on any atom is 0.416 e. The Morgan fingerprint density at radius 3 is 2.00 bits per heavy atom. The van der Waals surface area contributed by atoms with Gasteiger partial charge in [-0.15, -0.1) is 0 Å². The van der Waals surface area contributed by atoms with Gasteiger partial charge in [-0.05, 0) is 71.2 Å². The summed E-state index contributed by atoms with van der Waals surface area (Å²) in [7, 11) is 0. The van der Waals surface area contributed by atoms with Crippen molar-refractivity contribution < 1.29 is 26.3 Å². The fraction of sp³-hybridized carbons (Fsp3) is 0.417. The van der Waals surface area contributed by atoms with E-state index in [2.05, 4.69) is 13.8 Å². The minimum absolute atomic E-state index is 0.0282. The Hall–Kier alpha value is -2.24. The lowest BCUT2D eigenvalue weighted by Crippen LogP contribution is -2.11. The standard InChI is InChI=1S/C24H24F6/c1-4-5-16-6-7-17-9-15(8-14(2)3)10-21(17)22(16)18-11-19(23(25,26)27)13-20(12-18)24(28,29)30/h6-7,10-14H,4-5,8-9H2,1-3H3. The van der Waals surface area contributed by atoms with E-state index in [1.54, 1.807) is 0 Å². The molecule has 0 unspecified atom stereocenters. The lowest BCUT2D eigenvalue weighted by molar-refractivity contribution is -0.143. The van der Waals surface area contributed by atoms with Crippen LogP contribution in [0.2, 0.25) is 0 Å². The molecule has 0 bridgehead atoms. The predicted molar refractivity (Wildman–Crippen MR) is 107 cm³/mol. The molecule has 0 heterocycles. The summed E-state index contributed by atoms with van der Waals surface area (Å²) in [4.78, 5) is 0. The van der Waals surface area contributed by atoms with Crippen molar-refractivity contribution in [1.82, 2.24) is 0 Å². The van der Waals surface area contributed by atoms with E-state index in [9.17, 15) is 26.3 Å². The summed E-state index contributed by atoms with van der Waals surface area (Å²) in [5.74, 6) is 0.412. The zero-order chi connectivity index (χ0) is 22.3. The normalized spacial score (nSPS) is 14.3. The molecule has 1 aliphatic carbocycles. The van der Waals surface area contributed by atoms with Crippen LogP contribution in [0.1, 0.15) is 61.4 Å². The van der Waals surface area contributed by atoms with Crippen molar-refractivity contribution >= 4 is 6.08 Å². The Morgan fingerprint density at radius 1 is 0.900 bits per heavy atom. The van der Waals surface area contributed by atoms with Crippen molar-refractivity contribution in [3.05, 3.63) is 63.7 Å². The Labute approximate surface area is 172 Å². The summed E-state index contributed by atoms with van der Waals surface area (Å²) < 4.78 is 80.4. The van der Waals surface area contributed by atoms with Crippen LogP contribution >= 0.6 is 0 Å². The molecule has 2 aromatic carbocycles. The molecule has 0 aliphatic heterocycles. The number of hydrogen-bond acceptors (Lipinski definition) is 0. The Balaban J connectivity index is 2.27. The monoisotopic (exact) mass is 426 g/mol. The van der Waals surface area contributed by atoms with E-state index in [4.69, 9.17) is 0 Å². The van der Waals surface area contributed by atoms with E-state index in [0.717, 1.165) is 47.2 Å². The maximum absolute atomic E-state index is 13.4. The molecule has 0 radical (unpaired) electrons. The van der Waals surface area contributed by atoms with Crippen LogP contribution in [0, 0.1) is 5.92 Å². The summed E-state index contributed by atoms with van der Waals surface area (Å²) in [5.41, 5.74) is 1.52. The average Bonchev–Trinajstić information content (AvgIpc) is 3.01. The summed E-state index contributed by atoms with van der Waals surface area (Å²) in [5, 5.41) is 0. The highest BCUT2D eigenvalue weighted by atomic mass is 19.4. The first-order valence-electron chi connectivity index (χ1n) is 10.0. The van der Waals surface area contributed by atoms with Crippen molar-refractivity contribution in [3.63, 3.8) is 0 Å². The van der Waals surface area contributed by atoms with Crippen LogP contribution in [0.15, 0.2) is 35.9 Å². The van der Waals surface area contributed by atoms with E-state index in [1.165, 1.54) is 0 Å². The van der Waals surface area contributed by atoms with Crippen molar-refractivity contribution in [2.75, 3.05) is 0 Å². The van der Waals surface area contributed by atoms with Crippen molar-refractivity contribution in [3.8, 4) is 11.1 Å². The minimum atomic E-state index is -4.86. The van der Waals surface area contributed by atoms with E-state index >= 15 is 0 Å². The molecule has 0 N–H and O–H groups in total. The Morgan fingerprint density at radius 2 is 1.50 bits per heavy atom. The van der Waals surface area contributed by atoms with Crippen LogP contribution in [0.4, 0.5) is 26.3 Å². The number of fused-ring (bicyclic) bond motifs is 1. The second-order valence-electron chi connectivity index (χ2n) is 8.29. The molecule has 6 heteroatoms. The average molecular weight is 426 g/mol. The summed E-state index contributed by atoms with van der Waals surface area (Å²) in [6.07, 6.45) is -4.94. The molecule has 0 atom stereocenters. The number of halogens is 6. The minimum Gasteiger partial charge on any atom is -0.166 e. The molecular weight excluding hydrogens is 402 g/mol. The largest absolute Gasteiger partial charge is 0.416 e. The van der Waals surface area contributed by atoms with E-state index in [1.807, 2.05) is 25.1 Å². The second-order valence-corrected chi connectivity index (χ2v) is 8.29. The molecule has 0 fully saturated rings. The molecule has 162 valence electrons.